The van der Waals surface area contributed by atoms with Crippen LogP contribution in [0, 0.1) is 11.7 Å². The summed E-state index contributed by atoms with van der Waals surface area (Å²) in [5.41, 5.74) is 2.19. The Bertz CT molecular complexity index is 588. The highest BCUT2D eigenvalue weighted by Gasteiger charge is 2.11. The number of phenols is 1. The van der Waals surface area contributed by atoms with E-state index < -0.39 is 0 Å². The summed E-state index contributed by atoms with van der Waals surface area (Å²) in [7, 11) is 0. The Hall–Kier alpha value is -1.54. The van der Waals surface area contributed by atoms with Gasteiger partial charge in [0.05, 0.1) is 0 Å². The normalized spacial score (nSPS) is 11.1. The Morgan fingerprint density at radius 3 is 2.55 bits per heavy atom. The maximum Gasteiger partial charge on any atom is 0.128 e. The van der Waals surface area contributed by atoms with Gasteiger partial charge >= 0.3 is 0 Å². The first-order chi connectivity index (χ1) is 9.47. The Labute approximate surface area is 124 Å². The lowest BCUT2D eigenvalue weighted by Crippen LogP contribution is -1.97. The van der Waals surface area contributed by atoms with Crippen molar-refractivity contribution < 1.29 is 9.50 Å². The zero-order valence-electron chi connectivity index (χ0n) is 11.7. The molecule has 0 spiro atoms. The van der Waals surface area contributed by atoms with Gasteiger partial charge in [-0.15, -0.1) is 0 Å². The highest BCUT2D eigenvalue weighted by molar-refractivity contribution is 6.31. The van der Waals surface area contributed by atoms with Gasteiger partial charge in [-0.1, -0.05) is 43.6 Å². The zero-order valence-corrected chi connectivity index (χ0v) is 12.4. The maximum atomic E-state index is 13.8. The van der Waals surface area contributed by atoms with Crippen LogP contribution in [0.4, 0.5) is 4.39 Å². The lowest BCUT2D eigenvalue weighted by molar-refractivity contribution is 0.467. The van der Waals surface area contributed by atoms with E-state index >= 15 is 0 Å². The van der Waals surface area contributed by atoms with Crippen molar-refractivity contribution in [2.24, 2.45) is 5.92 Å². The molecule has 0 aliphatic rings. The quantitative estimate of drug-likeness (QED) is 0.843. The molecule has 0 bridgehead atoms. The summed E-state index contributed by atoms with van der Waals surface area (Å²) in [4.78, 5) is 0. The number of phenolic OH excluding ortho intramolecular Hbond substituents is 1. The highest BCUT2D eigenvalue weighted by Crippen LogP contribution is 2.27. The molecule has 0 aliphatic carbocycles. The van der Waals surface area contributed by atoms with E-state index in [0.29, 0.717) is 28.5 Å². The number of hydrogen-bond acceptors (Lipinski definition) is 1. The molecule has 0 amide bonds. The van der Waals surface area contributed by atoms with Crippen molar-refractivity contribution in [2.45, 2.75) is 26.7 Å². The molecule has 3 heteroatoms. The summed E-state index contributed by atoms with van der Waals surface area (Å²) in [5, 5.41) is 10.5. The molecule has 0 aromatic heterocycles. The van der Waals surface area contributed by atoms with Gasteiger partial charge in [0.2, 0.25) is 0 Å². The van der Waals surface area contributed by atoms with Crippen LogP contribution < -0.4 is 0 Å². The monoisotopic (exact) mass is 292 g/mol. The van der Waals surface area contributed by atoms with Crippen LogP contribution in [0.15, 0.2) is 36.4 Å². The SMILES string of the molecule is CC(C)Cc1ccc(Cc2c(F)cccc2Cl)c(O)c1. The van der Waals surface area contributed by atoms with Gasteiger partial charge < -0.3 is 5.11 Å². The molecule has 0 saturated carbocycles. The fraction of sp³-hybridized carbons (Fsp3) is 0.294. The minimum absolute atomic E-state index is 0.197. The number of benzene rings is 2. The van der Waals surface area contributed by atoms with Crippen molar-refractivity contribution >= 4 is 11.6 Å². The Morgan fingerprint density at radius 1 is 1.20 bits per heavy atom. The molecule has 106 valence electrons. The molecular formula is C17H18ClFO. The van der Waals surface area contributed by atoms with Crippen LogP contribution in [0.1, 0.15) is 30.5 Å². The minimum atomic E-state index is -0.344. The Balaban J connectivity index is 2.26. The average molecular weight is 293 g/mol. The van der Waals surface area contributed by atoms with Gasteiger partial charge in [-0.25, -0.2) is 4.39 Å². The van der Waals surface area contributed by atoms with Crippen LogP contribution in [0.5, 0.6) is 5.75 Å². The first kappa shape index (κ1) is 14.9. The molecule has 2 aromatic rings. The number of hydrogen-bond donors (Lipinski definition) is 1. The van der Waals surface area contributed by atoms with E-state index in [-0.39, 0.29) is 11.6 Å². The van der Waals surface area contributed by atoms with Crippen LogP contribution in [0.2, 0.25) is 5.02 Å². The van der Waals surface area contributed by atoms with Crippen molar-refractivity contribution in [3.63, 3.8) is 0 Å². The van der Waals surface area contributed by atoms with Crippen LogP contribution in [0.3, 0.4) is 0 Å². The molecule has 20 heavy (non-hydrogen) atoms. The minimum Gasteiger partial charge on any atom is -0.508 e. The molecule has 0 saturated heterocycles. The van der Waals surface area contributed by atoms with Crippen molar-refractivity contribution in [1.29, 1.82) is 0 Å². The van der Waals surface area contributed by atoms with E-state index in [1.54, 1.807) is 18.2 Å². The van der Waals surface area contributed by atoms with Gasteiger partial charge in [0.15, 0.2) is 0 Å². The van der Waals surface area contributed by atoms with Crippen LogP contribution in [-0.2, 0) is 12.8 Å². The zero-order chi connectivity index (χ0) is 14.7. The van der Waals surface area contributed by atoms with Crippen molar-refractivity contribution in [3.8, 4) is 5.75 Å². The summed E-state index contributed by atoms with van der Waals surface area (Å²) in [6.07, 6.45) is 1.20. The number of halogens is 2. The average Bonchev–Trinajstić information content (AvgIpc) is 2.35. The molecule has 0 aliphatic heterocycles. The van der Waals surface area contributed by atoms with Crippen LogP contribution in [-0.4, -0.2) is 5.11 Å². The molecule has 1 N–H and O–H groups in total. The second-order valence-electron chi connectivity index (χ2n) is 5.44. The molecule has 0 radical (unpaired) electrons. The van der Waals surface area contributed by atoms with E-state index in [9.17, 15) is 9.50 Å². The fourth-order valence-electron chi connectivity index (χ4n) is 2.25. The first-order valence-electron chi connectivity index (χ1n) is 6.71. The van der Waals surface area contributed by atoms with Gasteiger partial charge in [0, 0.05) is 17.0 Å². The molecular weight excluding hydrogens is 275 g/mol. The van der Waals surface area contributed by atoms with Gasteiger partial charge in [0.1, 0.15) is 11.6 Å². The summed E-state index contributed by atoms with van der Waals surface area (Å²) in [6.45, 7) is 4.26. The maximum absolute atomic E-state index is 13.8. The first-order valence-corrected chi connectivity index (χ1v) is 7.09. The third-order valence-electron chi connectivity index (χ3n) is 3.22. The highest BCUT2D eigenvalue weighted by atomic mass is 35.5. The third kappa shape index (κ3) is 3.51. The standard InChI is InChI=1S/C17H18ClFO/c1-11(2)8-12-6-7-13(17(20)9-12)10-14-15(18)4-3-5-16(14)19/h3-7,9,11,20H,8,10H2,1-2H3. The van der Waals surface area contributed by atoms with Gasteiger partial charge in [-0.3, -0.25) is 0 Å². The van der Waals surface area contributed by atoms with Gasteiger partial charge in [-0.2, -0.15) is 0 Å². The fourth-order valence-corrected chi connectivity index (χ4v) is 2.48. The molecule has 0 unspecified atom stereocenters. The number of rotatable bonds is 4. The van der Waals surface area contributed by atoms with Crippen LogP contribution >= 0.6 is 11.6 Å². The molecule has 0 heterocycles. The van der Waals surface area contributed by atoms with Crippen molar-refractivity contribution in [3.05, 3.63) is 63.9 Å². The van der Waals surface area contributed by atoms with Gasteiger partial charge in [-0.05, 0) is 41.7 Å². The molecule has 0 atom stereocenters. The van der Waals surface area contributed by atoms with E-state index in [2.05, 4.69) is 13.8 Å². The number of aromatic hydroxyl groups is 1. The second kappa shape index (κ2) is 6.27. The van der Waals surface area contributed by atoms with E-state index in [1.807, 2.05) is 12.1 Å². The summed E-state index contributed by atoms with van der Waals surface area (Å²) >= 11 is 6.01. The third-order valence-corrected chi connectivity index (χ3v) is 3.58. The second-order valence-corrected chi connectivity index (χ2v) is 5.85. The summed E-state index contributed by atoms with van der Waals surface area (Å²) in [6, 6.07) is 10.2. The van der Waals surface area contributed by atoms with E-state index in [0.717, 1.165) is 12.0 Å². The largest absolute Gasteiger partial charge is 0.508 e. The summed E-state index contributed by atoms with van der Waals surface area (Å²) in [5.74, 6) is 0.381. The summed E-state index contributed by atoms with van der Waals surface area (Å²) < 4.78 is 13.8. The predicted molar refractivity (Wildman–Crippen MR) is 80.9 cm³/mol. The van der Waals surface area contributed by atoms with Crippen LogP contribution in [0.25, 0.3) is 0 Å². The smallest absolute Gasteiger partial charge is 0.128 e. The lowest BCUT2D eigenvalue weighted by Gasteiger charge is -2.10. The topological polar surface area (TPSA) is 20.2 Å². The molecule has 0 fully saturated rings. The van der Waals surface area contributed by atoms with Crippen molar-refractivity contribution in [1.82, 2.24) is 0 Å². The van der Waals surface area contributed by atoms with E-state index in [1.165, 1.54) is 6.07 Å². The molecule has 1 nitrogen and oxygen atoms in total. The van der Waals surface area contributed by atoms with E-state index in [4.69, 9.17) is 11.6 Å². The Morgan fingerprint density at radius 2 is 1.95 bits per heavy atom. The predicted octanol–water partition coefficient (Wildman–Crippen LogP) is 4.97. The van der Waals surface area contributed by atoms with Crippen molar-refractivity contribution in [2.75, 3.05) is 0 Å². The Kier molecular flexibility index (Phi) is 4.66. The lowest BCUT2D eigenvalue weighted by atomic mass is 9.98. The molecule has 2 aromatic carbocycles. The van der Waals surface area contributed by atoms with Gasteiger partial charge in [0.25, 0.3) is 0 Å². The molecule has 2 rings (SSSR count).